The Bertz CT molecular complexity index is 711. The number of carbonyl (C=O) groups excluding carboxylic acids is 2. The lowest BCUT2D eigenvalue weighted by molar-refractivity contribution is -0.117. The van der Waals surface area contributed by atoms with Gasteiger partial charge >= 0.3 is 6.01 Å². The molecule has 7 nitrogen and oxygen atoms in total. The van der Waals surface area contributed by atoms with E-state index in [1.54, 1.807) is 6.92 Å². The third-order valence-corrected chi connectivity index (χ3v) is 3.02. The van der Waals surface area contributed by atoms with Gasteiger partial charge in [-0.3, -0.25) is 14.9 Å². The first-order valence-corrected chi connectivity index (χ1v) is 6.30. The van der Waals surface area contributed by atoms with E-state index in [1.165, 1.54) is 24.3 Å². The molecule has 1 aliphatic heterocycles. The van der Waals surface area contributed by atoms with Crippen molar-refractivity contribution in [3.8, 4) is 6.01 Å². The molecule has 1 aromatic heterocycles. The summed E-state index contributed by atoms with van der Waals surface area (Å²) < 4.78 is 19.0. The molecule has 108 valence electrons. The summed E-state index contributed by atoms with van der Waals surface area (Å²) in [5.41, 5.74) is 0.387. The van der Waals surface area contributed by atoms with E-state index < -0.39 is 23.5 Å². The second-order valence-electron chi connectivity index (χ2n) is 4.37. The Morgan fingerprint density at radius 3 is 2.71 bits per heavy atom. The van der Waals surface area contributed by atoms with Crippen LogP contribution in [0.5, 0.6) is 6.01 Å². The number of halogens is 1. The Morgan fingerprint density at radius 1 is 1.33 bits per heavy atom. The predicted octanol–water partition coefficient (Wildman–Crippen LogP) is 1.19. The van der Waals surface area contributed by atoms with Crippen LogP contribution < -0.4 is 10.1 Å². The minimum absolute atomic E-state index is 0.0147. The fourth-order valence-electron chi connectivity index (χ4n) is 2.08. The molecule has 1 unspecified atom stereocenters. The zero-order chi connectivity index (χ0) is 15.0. The molecule has 2 heterocycles. The normalized spacial score (nSPS) is 17.3. The molecule has 1 amide bonds. The number of anilines is 1. The number of carbonyl (C=O) groups is 2. The van der Waals surface area contributed by atoms with Crippen LogP contribution in [0.3, 0.4) is 0 Å². The molecule has 21 heavy (non-hydrogen) atoms. The summed E-state index contributed by atoms with van der Waals surface area (Å²) in [5.74, 6) is -2.60. The van der Waals surface area contributed by atoms with Crippen LogP contribution in [0.15, 0.2) is 24.3 Å². The number of nitrogens with one attached hydrogen (secondary N) is 1. The lowest BCUT2D eigenvalue weighted by Gasteiger charge is -2.20. The number of aromatic nitrogens is 3. The van der Waals surface area contributed by atoms with E-state index in [0.29, 0.717) is 12.2 Å². The Balaban J connectivity index is 1.98. The largest absolute Gasteiger partial charge is 0.463 e. The van der Waals surface area contributed by atoms with E-state index >= 15 is 0 Å². The maximum atomic E-state index is 12.9. The summed E-state index contributed by atoms with van der Waals surface area (Å²) in [5, 5.41) is 6.38. The molecular formula is C13H11FN4O3. The fourth-order valence-corrected chi connectivity index (χ4v) is 2.08. The van der Waals surface area contributed by atoms with Crippen LogP contribution in [0.25, 0.3) is 0 Å². The molecule has 1 aromatic carbocycles. The molecule has 1 aliphatic rings. The zero-order valence-corrected chi connectivity index (χ0v) is 11.0. The van der Waals surface area contributed by atoms with Gasteiger partial charge in [0.1, 0.15) is 11.7 Å². The van der Waals surface area contributed by atoms with Crippen molar-refractivity contribution in [3.05, 3.63) is 35.6 Å². The van der Waals surface area contributed by atoms with Crippen molar-refractivity contribution in [2.45, 2.75) is 12.8 Å². The number of rotatable bonds is 3. The highest BCUT2D eigenvalue weighted by atomic mass is 19.1. The lowest BCUT2D eigenvalue weighted by atomic mass is 9.96. The average molecular weight is 290 g/mol. The van der Waals surface area contributed by atoms with Crippen LogP contribution >= 0.6 is 0 Å². The van der Waals surface area contributed by atoms with E-state index in [4.69, 9.17) is 4.74 Å². The van der Waals surface area contributed by atoms with Gasteiger partial charge in [0.2, 0.25) is 11.9 Å². The van der Waals surface area contributed by atoms with Gasteiger partial charge < -0.3 is 4.74 Å². The number of ether oxygens (including phenoxy) is 1. The van der Waals surface area contributed by atoms with E-state index in [-0.39, 0.29) is 12.0 Å². The summed E-state index contributed by atoms with van der Waals surface area (Å²) in [6.07, 6.45) is 0. The molecule has 0 radical (unpaired) electrons. The van der Waals surface area contributed by atoms with Crippen molar-refractivity contribution in [3.63, 3.8) is 0 Å². The second kappa shape index (κ2) is 4.97. The molecule has 3 rings (SSSR count). The van der Waals surface area contributed by atoms with E-state index in [0.717, 1.165) is 4.68 Å². The molecule has 0 saturated heterocycles. The first-order valence-electron chi connectivity index (χ1n) is 6.30. The number of hydrogen-bond acceptors (Lipinski definition) is 5. The number of amides is 1. The number of nitrogens with zero attached hydrogens (tertiary/aromatic N) is 3. The minimum Gasteiger partial charge on any atom is -0.463 e. The van der Waals surface area contributed by atoms with E-state index in [9.17, 15) is 14.0 Å². The van der Waals surface area contributed by atoms with Gasteiger partial charge in [-0.2, -0.15) is 9.67 Å². The van der Waals surface area contributed by atoms with Gasteiger partial charge in [-0.05, 0) is 24.6 Å². The van der Waals surface area contributed by atoms with Crippen molar-refractivity contribution >= 4 is 17.8 Å². The fraction of sp³-hybridized carbons (Fsp3) is 0.231. The number of benzene rings is 1. The molecule has 2 aromatic rings. The first kappa shape index (κ1) is 13.2. The second-order valence-corrected chi connectivity index (χ2v) is 4.37. The van der Waals surface area contributed by atoms with Crippen LogP contribution in [0.4, 0.5) is 10.3 Å². The van der Waals surface area contributed by atoms with Crippen LogP contribution in [-0.4, -0.2) is 33.2 Å². The summed E-state index contributed by atoms with van der Waals surface area (Å²) in [4.78, 5) is 28.4. The molecule has 1 atom stereocenters. The molecule has 0 aliphatic carbocycles. The minimum atomic E-state index is -1.09. The van der Waals surface area contributed by atoms with Crippen LogP contribution in [0.2, 0.25) is 0 Å². The summed E-state index contributed by atoms with van der Waals surface area (Å²) in [6.45, 7) is 2.09. The van der Waals surface area contributed by atoms with Crippen molar-refractivity contribution < 1.29 is 18.7 Å². The van der Waals surface area contributed by atoms with Gasteiger partial charge in [-0.1, -0.05) is 12.1 Å². The molecule has 0 saturated carbocycles. The molecule has 0 fully saturated rings. The van der Waals surface area contributed by atoms with Gasteiger partial charge in [0.25, 0.3) is 5.91 Å². The van der Waals surface area contributed by atoms with Crippen molar-refractivity contribution in [1.29, 1.82) is 0 Å². The highest BCUT2D eigenvalue weighted by molar-refractivity contribution is 6.14. The van der Waals surface area contributed by atoms with Gasteiger partial charge in [0.05, 0.1) is 6.61 Å². The summed E-state index contributed by atoms with van der Waals surface area (Å²) in [7, 11) is 0. The van der Waals surface area contributed by atoms with Crippen molar-refractivity contribution in [2.24, 2.45) is 0 Å². The number of fused-ring (bicyclic) bond motifs is 1. The Labute approximate surface area is 118 Å². The standard InChI is InChI=1S/C13H11FN4O3/c1-2-21-13-16-12-15-10(19)9(11(20)18(12)17-13)7-3-5-8(14)6-4-7/h3-6,9H,2H2,1H3,(H,15,16,17,19). The molecule has 1 N–H and O–H groups in total. The van der Waals surface area contributed by atoms with Crippen molar-refractivity contribution in [1.82, 2.24) is 14.8 Å². The van der Waals surface area contributed by atoms with Gasteiger partial charge in [-0.25, -0.2) is 4.39 Å². The first-order chi connectivity index (χ1) is 10.1. The quantitative estimate of drug-likeness (QED) is 0.858. The third-order valence-electron chi connectivity index (χ3n) is 3.02. The van der Waals surface area contributed by atoms with Gasteiger partial charge in [0.15, 0.2) is 0 Å². The Morgan fingerprint density at radius 2 is 2.05 bits per heavy atom. The van der Waals surface area contributed by atoms with Crippen LogP contribution in [0.1, 0.15) is 23.2 Å². The summed E-state index contributed by atoms with van der Waals surface area (Å²) in [6, 6.07) is 5.18. The lowest BCUT2D eigenvalue weighted by Crippen LogP contribution is -2.38. The van der Waals surface area contributed by atoms with Gasteiger partial charge in [0, 0.05) is 0 Å². The SMILES string of the molecule is CCOc1nc2n(n1)C(=O)C(c1ccc(F)cc1)C(=O)N2. The van der Waals surface area contributed by atoms with E-state index in [1.807, 2.05) is 0 Å². The smallest absolute Gasteiger partial charge is 0.337 e. The maximum Gasteiger partial charge on any atom is 0.337 e. The zero-order valence-electron chi connectivity index (χ0n) is 11.0. The average Bonchev–Trinajstić information content (AvgIpc) is 2.84. The molecule has 8 heteroatoms. The monoisotopic (exact) mass is 290 g/mol. The highest BCUT2D eigenvalue weighted by Gasteiger charge is 2.38. The highest BCUT2D eigenvalue weighted by Crippen LogP contribution is 2.26. The topological polar surface area (TPSA) is 86.1 Å². The molecule has 0 spiro atoms. The molecule has 0 bridgehead atoms. The predicted molar refractivity (Wildman–Crippen MR) is 69.6 cm³/mol. The summed E-state index contributed by atoms with van der Waals surface area (Å²) >= 11 is 0. The van der Waals surface area contributed by atoms with Gasteiger partial charge in [-0.15, -0.1) is 5.10 Å². The Kier molecular flexibility index (Phi) is 3.13. The Hall–Kier alpha value is -2.77. The van der Waals surface area contributed by atoms with Crippen LogP contribution in [-0.2, 0) is 4.79 Å². The molecular weight excluding hydrogens is 279 g/mol. The number of hydrogen-bond donors (Lipinski definition) is 1. The third kappa shape index (κ3) is 2.24. The van der Waals surface area contributed by atoms with E-state index in [2.05, 4.69) is 15.4 Å². The van der Waals surface area contributed by atoms with Crippen LogP contribution in [0, 0.1) is 5.82 Å². The van der Waals surface area contributed by atoms with Crippen molar-refractivity contribution in [2.75, 3.05) is 11.9 Å². The maximum absolute atomic E-state index is 12.9.